The van der Waals surface area contributed by atoms with Crippen LogP contribution in [-0.2, 0) is 13.6 Å². The Morgan fingerprint density at radius 2 is 2.11 bits per heavy atom. The number of ether oxygens (including phenoxy) is 2. The predicted molar refractivity (Wildman–Crippen MR) is 106 cm³/mol. The first kappa shape index (κ1) is 18.8. The summed E-state index contributed by atoms with van der Waals surface area (Å²) in [5.74, 6) is 1.34. The van der Waals surface area contributed by atoms with E-state index >= 15 is 0 Å². The normalized spacial score (nSPS) is 18.6. The lowest BCUT2D eigenvalue weighted by Gasteiger charge is -2.30. The van der Waals surface area contributed by atoms with Gasteiger partial charge < -0.3 is 14.4 Å². The van der Waals surface area contributed by atoms with Crippen LogP contribution in [0.4, 0.5) is 0 Å². The van der Waals surface area contributed by atoms with Gasteiger partial charge in [-0.25, -0.2) is 0 Å². The molecule has 1 amide bonds. The Labute approximate surface area is 165 Å². The zero-order valence-electron chi connectivity index (χ0n) is 16.9. The molecule has 7 nitrogen and oxygen atoms in total. The van der Waals surface area contributed by atoms with E-state index < -0.39 is 0 Å². The van der Waals surface area contributed by atoms with Crippen LogP contribution in [0.25, 0.3) is 0 Å². The Kier molecular flexibility index (Phi) is 5.26. The summed E-state index contributed by atoms with van der Waals surface area (Å²) >= 11 is 0. The van der Waals surface area contributed by atoms with Crippen molar-refractivity contribution in [2.75, 3.05) is 26.4 Å². The van der Waals surface area contributed by atoms with Crippen molar-refractivity contribution in [2.45, 2.75) is 39.3 Å². The number of carbonyl (C=O) groups is 1. The Morgan fingerprint density at radius 3 is 2.86 bits per heavy atom. The zero-order chi connectivity index (χ0) is 19.7. The maximum absolute atomic E-state index is 13.4. The van der Waals surface area contributed by atoms with Crippen molar-refractivity contribution < 1.29 is 14.3 Å². The quantitative estimate of drug-likeness (QED) is 0.766. The second-order valence-electron chi connectivity index (χ2n) is 7.58. The van der Waals surface area contributed by atoms with Gasteiger partial charge in [0.15, 0.2) is 11.5 Å². The molecule has 0 N–H and O–H groups in total. The number of fused-ring (bicyclic) bond motifs is 1. The molecule has 1 saturated heterocycles. The molecule has 0 bridgehead atoms. The Hall–Kier alpha value is -2.54. The van der Waals surface area contributed by atoms with E-state index in [0.717, 1.165) is 30.9 Å². The molecular weight excluding hydrogens is 356 g/mol. The van der Waals surface area contributed by atoms with Crippen LogP contribution in [0, 0.1) is 6.92 Å². The van der Waals surface area contributed by atoms with Gasteiger partial charge in [0.2, 0.25) is 6.79 Å². The Morgan fingerprint density at radius 1 is 1.29 bits per heavy atom. The first-order chi connectivity index (χ1) is 13.5. The molecule has 0 saturated carbocycles. The van der Waals surface area contributed by atoms with Crippen LogP contribution in [0.5, 0.6) is 11.5 Å². The molecule has 1 fully saturated rings. The highest BCUT2D eigenvalue weighted by molar-refractivity contribution is 5.95. The minimum atomic E-state index is 0.0140. The average Bonchev–Trinajstić information content (AvgIpc) is 3.40. The van der Waals surface area contributed by atoms with Crippen molar-refractivity contribution in [2.24, 2.45) is 7.05 Å². The van der Waals surface area contributed by atoms with E-state index in [4.69, 9.17) is 9.47 Å². The lowest BCUT2D eigenvalue weighted by molar-refractivity contribution is 0.0687. The number of aryl methyl sites for hydroxylation is 2. The molecule has 150 valence electrons. The minimum Gasteiger partial charge on any atom is -0.454 e. The first-order valence-electron chi connectivity index (χ1n) is 9.97. The van der Waals surface area contributed by atoms with E-state index in [1.807, 2.05) is 41.8 Å². The molecule has 1 aromatic heterocycles. The summed E-state index contributed by atoms with van der Waals surface area (Å²) in [5, 5.41) is 4.44. The zero-order valence-corrected chi connectivity index (χ0v) is 16.9. The molecule has 0 radical (unpaired) electrons. The highest BCUT2D eigenvalue weighted by atomic mass is 16.7. The van der Waals surface area contributed by atoms with Gasteiger partial charge >= 0.3 is 0 Å². The van der Waals surface area contributed by atoms with Gasteiger partial charge in [0.25, 0.3) is 5.91 Å². The molecule has 0 aliphatic carbocycles. The van der Waals surface area contributed by atoms with E-state index in [1.54, 1.807) is 6.07 Å². The Balaban J connectivity index is 1.59. The van der Waals surface area contributed by atoms with E-state index in [9.17, 15) is 4.79 Å². The second kappa shape index (κ2) is 7.83. The largest absolute Gasteiger partial charge is 0.454 e. The monoisotopic (exact) mass is 384 g/mol. The lowest BCUT2D eigenvalue weighted by Crippen LogP contribution is -2.43. The summed E-state index contributed by atoms with van der Waals surface area (Å²) in [7, 11) is 1.93. The van der Waals surface area contributed by atoms with Gasteiger partial charge in [0.05, 0.1) is 17.9 Å². The van der Waals surface area contributed by atoms with Crippen molar-refractivity contribution in [1.82, 2.24) is 19.6 Å². The number of likely N-dealkylation sites (N-methyl/N-ethyl adjacent to an activating group) is 1. The third kappa shape index (κ3) is 3.71. The maximum Gasteiger partial charge on any atom is 0.254 e. The van der Waals surface area contributed by atoms with Crippen molar-refractivity contribution in [3.05, 3.63) is 41.2 Å². The summed E-state index contributed by atoms with van der Waals surface area (Å²) in [4.78, 5) is 17.8. The van der Waals surface area contributed by atoms with E-state index in [-0.39, 0.29) is 12.7 Å². The van der Waals surface area contributed by atoms with Gasteiger partial charge in [0, 0.05) is 25.2 Å². The smallest absolute Gasteiger partial charge is 0.254 e. The fourth-order valence-corrected chi connectivity index (χ4v) is 4.21. The molecule has 2 aliphatic heterocycles. The molecule has 7 heteroatoms. The summed E-state index contributed by atoms with van der Waals surface area (Å²) in [6, 6.07) is 7.88. The molecule has 2 aromatic rings. The van der Waals surface area contributed by atoms with Crippen LogP contribution in [0.15, 0.2) is 24.3 Å². The van der Waals surface area contributed by atoms with Gasteiger partial charge in [-0.1, -0.05) is 6.92 Å². The molecule has 28 heavy (non-hydrogen) atoms. The number of hydrogen-bond acceptors (Lipinski definition) is 5. The van der Waals surface area contributed by atoms with Crippen molar-refractivity contribution >= 4 is 5.91 Å². The number of carbonyl (C=O) groups excluding carboxylic acids is 1. The highest BCUT2D eigenvalue weighted by Crippen LogP contribution is 2.33. The number of aromatic nitrogens is 2. The number of likely N-dealkylation sites (tertiary alicyclic amines) is 1. The van der Waals surface area contributed by atoms with Gasteiger partial charge in [-0.2, -0.15) is 5.10 Å². The summed E-state index contributed by atoms with van der Waals surface area (Å²) in [6.45, 7) is 7.75. The fraction of sp³-hybridized carbons (Fsp3) is 0.524. The van der Waals surface area contributed by atoms with Crippen molar-refractivity contribution in [3.63, 3.8) is 0 Å². The number of rotatable bonds is 6. The molecular formula is C21H28N4O3. The van der Waals surface area contributed by atoms with Gasteiger partial charge in [-0.15, -0.1) is 0 Å². The fourth-order valence-electron chi connectivity index (χ4n) is 4.21. The highest BCUT2D eigenvalue weighted by Gasteiger charge is 2.29. The van der Waals surface area contributed by atoms with E-state index in [2.05, 4.69) is 16.9 Å². The van der Waals surface area contributed by atoms with Crippen LogP contribution in [0.2, 0.25) is 0 Å². The molecule has 0 unspecified atom stereocenters. The van der Waals surface area contributed by atoms with Crippen LogP contribution >= 0.6 is 0 Å². The van der Waals surface area contributed by atoms with Crippen LogP contribution in [-0.4, -0.2) is 58.0 Å². The maximum atomic E-state index is 13.4. The van der Waals surface area contributed by atoms with E-state index in [0.29, 0.717) is 36.2 Å². The summed E-state index contributed by atoms with van der Waals surface area (Å²) in [6.07, 6.45) is 2.32. The van der Waals surface area contributed by atoms with Gasteiger partial charge in [-0.3, -0.25) is 14.4 Å². The van der Waals surface area contributed by atoms with Gasteiger partial charge in [0.1, 0.15) is 0 Å². The predicted octanol–water partition coefficient (Wildman–Crippen LogP) is 2.58. The van der Waals surface area contributed by atoms with Crippen LogP contribution < -0.4 is 9.47 Å². The molecule has 4 rings (SSSR count). The van der Waals surface area contributed by atoms with Gasteiger partial charge in [-0.05, 0) is 57.1 Å². The number of benzene rings is 1. The SMILES string of the molecule is CCN1CCC[C@@H]1CN(Cc1cc(C)nn1C)C(=O)c1ccc2c(c1)OCO2. The average molecular weight is 384 g/mol. The Bertz CT molecular complexity index is 863. The third-order valence-corrected chi connectivity index (χ3v) is 5.69. The minimum absolute atomic E-state index is 0.0140. The number of amides is 1. The molecule has 0 spiro atoms. The number of hydrogen-bond donors (Lipinski definition) is 0. The van der Waals surface area contributed by atoms with Crippen molar-refractivity contribution in [1.29, 1.82) is 0 Å². The third-order valence-electron chi connectivity index (χ3n) is 5.69. The summed E-state index contributed by atoms with van der Waals surface area (Å²) < 4.78 is 12.7. The molecule has 2 aliphatic rings. The molecule has 1 atom stereocenters. The van der Waals surface area contributed by atoms with Crippen LogP contribution in [0.3, 0.4) is 0 Å². The summed E-state index contributed by atoms with van der Waals surface area (Å²) in [5.41, 5.74) is 2.63. The van der Waals surface area contributed by atoms with Crippen molar-refractivity contribution in [3.8, 4) is 11.5 Å². The van der Waals surface area contributed by atoms with E-state index in [1.165, 1.54) is 6.42 Å². The molecule has 1 aromatic carbocycles. The van der Waals surface area contributed by atoms with Crippen LogP contribution in [0.1, 0.15) is 41.5 Å². The topological polar surface area (TPSA) is 59.8 Å². The first-order valence-corrected chi connectivity index (χ1v) is 9.97. The second-order valence-corrected chi connectivity index (χ2v) is 7.58. The number of nitrogens with zero attached hydrogens (tertiary/aromatic N) is 4. The standard InChI is InChI=1S/C21H28N4O3/c1-4-24-9-5-6-17(24)12-25(13-18-10-15(2)22-23(18)3)21(26)16-7-8-19-20(11-16)28-14-27-19/h7-8,10-11,17H,4-6,9,12-14H2,1-3H3/t17-/m1/s1. The molecule has 3 heterocycles. The lowest BCUT2D eigenvalue weighted by atomic mass is 10.1.